The highest BCUT2D eigenvalue weighted by molar-refractivity contribution is 7.10. The minimum Gasteiger partial charge on any atom is -0.320 e. The van der Waals surface area contributed by atoms with Gasteiger partial charge in [-0.2, -0.15) is 0 Å². The van der Waals surface area contributed by atoms with E-state index >= 15 is 0 Å². The number of nitrogens with one attached hydrogen (secondary N) is 1. The molecule has 116 valence electrons. The predicted molar refractivity (Wildman–Crippen MR) is 87.1 cm³/mol. The van der Waals surface area contributed by atoms with Crippen molar-refractivity contribution in [3.63, 3.8) is 0 Å². The Kier molecular flexibility index (Phi) is 4.10. The van der Waals surface area contributed by atoms with Crippen LogP contribution < -0.4 is 5.32 Å². The monoisotopic (exact) mass is 306 g/mol. The lowest BCUT2D eigenvalue weighted by Gasteiger charge is -2.42. The lowest BCUT2D eigenvalue weighted by Crippen LogP contribution is -2.43. The second-order valence-electron chi connectivity index (χ2n) is 7.08. The molecule has 0 bridgehead atoms. The van der Waals surface area contributed by atoms with Gasteiger partial charge in [-0.3, -0.25) is 10.1 Å². The Morgan fingerprint density at radius 3 is 2.81 bits per heavy atom. The van der Waals surface area contributed by atoms with Crippen molar-refractivity contribution >= 4 is 17.2 Å². The van der Waals surface area contributed by atoms with Crippen LogP contribution in [-0.4, -0.2) is 23.4 Å². The molecule has 1 saturated carbocycles. The van der Waals surface area contributed by atoms with Crippen LogP contribution in [-0.2, 0) is 4.79 Å². The number of amides is 1. The van der Waals surface area contributed by atoms with Gasteiger partial charge >= 0.3 is 0 Å². The molecule has 1 aromatic rings. The molecular weight excluding hydrogens is 280 g/mol. The standard InChI is InChI=1S/C17H26N2OS/c1-4-12(2)14-16(20)19(11-17(3)8-6-9-17)15(18-14)13-7-5-10-21-13/h5,7,10,12,14-15,18H,4,6,8-9,11H2,1-3H3. The Labute approximate surface area is 131 Å². The van der Waals surface area contributed by atoms with Crippen molar-refractivity contribution < 1.29 is 4.79 Å². The van der Waals surface area contributed by atoms with Gasteiger partial charge in [0.2, 0.25) is 5.91 Å². The minimum atomic E-state index is -0.0224. The van der Waals surface area contributed by atoms with Gasteiger partial charge in [-0.05, 0) is 35.6 Å². The highest BCUT2D eigenvalue weighted by Crippen LogP contribution is 2.43. The van der Waals surface area contributed by atoms with Crippen molar-refractivity contribution in [3.8, 4) is 0 Å². The minimum absolute atomic E-state index is 0.0224. The molecule has 1 amide bonds. The Balaban J connectivity index is 1.83. The van der Waals surface area contributed by atoms with Gasteiger partial charge in [0.05, 0.1) is 6.04 Å². The molecule has 2 heterocycles. The van der Waals surface area contributed by atoms with Crippen molar-refractivity contribution in [2.24, 2.45) is 11.3 Å². The van der Waals surface area contributed by atoms with E-state index in [1.807, 2.05) is 0 Å². The number of rotatable bonds is 5. The quantitative estimate of drug-likeness (QED) is 0.898. The molecule has 4 heteroatoms. The first-order valence-electron chi connectivity index (χ1n) is 8.14. The molecule has 1 aromatic heterocycles. The maximum Gasteiger partial charge on any atom is 0.241 e. The number of hydrogen-bond acceptors (Lipinski definition) is 3. The van der Waals surface area contributed by atoms with Gasteiger partial charge in [0.1, 0.15) is 6.17 Å². The summed E-state index contributed by atoms with van der Waals surface area (Å²) in [6.45, 7) is 7.56. The summed E-state index contributed by atoms with van der Waals surface area (Å²) >= 11 is 1.74. The van der Waals surface area contributed by atoms with Gasteiger partial charge in [-0.15, -0.1) is 11.3 Å². The first kappa shape index (κ1) is 15.0. The van der Waals surface area contributed by atoms with E-state index in [9.17, 15) is 4.79 Å². The van der Waals surface area contributed by atoms with E-state index in [-0.39, 0.29) is 12.2 Å². The van der Waals surface area contributed by atoms with Crippen molar-refractivity contribution in [1.82, 2.24) is 10.2 Å². The number of thiophene rings is 1. The number of carbonyl (C=O) groups excluding carboxylic acids is 1. The fraction of sp³-hybridized carbons (Fsp3) is 0.706. The number of nitrogens with zero attached hydrogens (tertiary/aromatic N) is 1. The molecule has 3 unspecified atom stereocenters. The van der Waals surface area contributed by atoms with Gasteiger partial charge in [0.25, 0.3) is 0 Å². The fourth-order valence-electron chi connectivity index (χ4n) is 3.48. The van der Waals surface area contributed by atoms with Gasteiger partial charge < -0.3 is 4.90 Å². The Hall–Kier alpha value is -0.870. The average Bonchev–Trinajstić information content (AvgIpc) is 3.06. The summed E-state index contributed by atoms with van der Waals surface area (Å²) in [5, 5.41) is 5.70. The zero-order valence-corrected chi connectivity index (χ0v) is 14.1. The topological polar surface area (TPSA) is 32.3 Å². The van der Waals surface area contributed by atoms with Crippen molar-refractivity contribution in [3.05, 3.63) is 22.4 Å². The zero-order valence-electron chi connectivity index (χ0n) is 13.3. The van der Waals surface area contributed by atoms with Crippen molar-refractivity contribution in [1.29, 1.82) is 0 Å². The Morgan fingerprint density at radius 1 is 1.52 bits per heavy atom. The van der Waals surface area contributed by atoms with Crippen molar-refractivity contribution in [2.45, 2.75) is 58.7 Å². The largest absolute Gasteiger partial charge is 0.320 e. The summed E-state index contributed by atoms with van der Waals surface area (Å²) in [7, 11) is 0. The lowest BCUT2D eigenvalue weighted by atomic mass is 9.70. The number of carbonyl (C=O) groups is 1. The van der Waals surface area contributed by atoms with Gasteiger partial charge in [0, 0.05) is 11.4 Å². The van der Waals surface area contributed by atoms with Gasteiger partial charge in [0.15, 0.2) is 0 Å². The first-order valence-corrected chi connectivity index (χ1v) is 9.02. The Morgan fingerprint density at radius 2 is 2.29 bits per heavy atom. The maximum absolute atomic E-state index is 12.9. The molecule has 2 fully saturated rings. The van der Waals surface area contributed by atoms with E-state index in [4.69, 9.17) is 0 Å². The molecule has 0 radical (unpaired) electrons. The zero-order chi connectivity index (χ0) is 15.0. The van der Waals surface area contributed by atoms with E-state index in [2.05, 4.69) is 48.5 Å². The van der Waals surface area contributed by atoms with Crippen molar-refractivity contribution in [2.75, 3.05) is 6.54 Å². The molecule has 3 rings (SSSR count). The molecule has 3 nitrogen and oxygen atoms in total. The fourth-order valence-corrected chi connectivity index (χ4v) is 4.28. The Bertz CT molecular complexity index is 495. The maximum atomic E-state index is 12.9. The van der Waals surface area contributed by atoms with Crippen LogP contribution in [0.4, 0.5) is 0 Å². The second-order valence-corrected chi connectivity index (χ2v) is 8.06. The summed E-state index contributed by atoms with van der Waals surface area (Å²) in [6.07, 6.45) is 4.92. The van der Waals surface area contributed by atoms with E-state index < -0.39 is 0 Å². The molecule has 1 saturated heterocycles. The molecule has 21 heavy (non-hydrogen) atoms. The van der Waals surface area contributed by atoms with E-state index in [1.54, 1.807) is 11.3 Å². The third kappa shape index (κ3) is 2.76. The summed E-state index contributed by atoms with van der Waals surface area (Å²) < 4.78 is 0. The molecule has 1 aliphatic carbocycles. The SMILES string of the molecule is CCC(C)C1NC(c2cccs2)N(CC2(C)CCC2)C1=O. The summed E-state index contributed by atoms with van der Waals surface area (Å²) in [4.78, 5) is 16.3. The second kappa shape index (κ2) is 5.73. The lowest BCUT2D eigenvalue weighted by molar-refractivity contribution is -0.133. The third-order valence-corrected chi connectivity index (χ3v) is 6.26. The van der Waals surface area contributed by atoms with Crippen LogP contribution in [0.1, 0.15) is 57.5 Å². The predicted octanol–water partition coefficient (Wildman–Crippen LogP) is 3.78. The van der Waals surface area contributed by atoms with E-state index in [0.29, 0.717) is 17.2 Å². The molecule has 1 N–H and O–H groups in total. The van der Waals surface area contributed by atoms with Crippen LogP contribution in [0.15, 0.2) is 17.5 Å². The van der Waals surface area contributed by atoms with Gasteiger partial charge in [-0.1, -0.05) is 39.7 Å². The first-order chi connectivity index (χ1) is 10.0. The smallest absolute Gasteiger partial charge is 0.241 e. The highest BCUT2D eigenvalue weighted by atomic mass is 32.1. The van der Waals surface area contributed by atoms with E-state index in [0.717, 1.165) is 13.0 Å². The summed E-state index contributed by atoms with van der Waals surface area (Å²) in [5.41, 5.74) is 0.331. The molecule has 3 atom stereocenters. The number of hydrogen-bond donors (Lipinski definition) is 1. The summed E-state index contributed by atoms with van der Waals surface area (Å²) in [6, 6.07) is 4.20. The van der Waals surface area contributed by atoms with Crippen LogP contribution in [0.25, 0.3) is 0 Å². The molecule has 2 aliphatic rings. The van der Waals surface area contributed by atoms with Crippen LogP contribution in [0.2, 0.25) is 0 Å². The van der Waals surface area contributed by atoms with Crippen LogP contribution in [0.3, 0.4) is 0 Å². The average molecular weight is 306 g/mol. The third-order valence-electron chi connectivity index (χ3n) is 5.34. The van der Waals surface area contributed by atoms with Crippen LogP contribution >= 0.6 is 11.3 Å². The van der Waals surface area contributed by atoms with Gasteiger partial charge in [-0.25, -0.2) is 0 Å². The molecular formula is C17H26N2OS. The van der Waals surface area contributed by atoms with Crippen LogP contribution in [0, 0.1) is 11.3 Å². The molecule has 0 spiro atoms. The van der Waals surface area contributed by atoms with Crippen LogP contribution in [0.5, 0.6) is 0 Å². The normalized spacial score (nSPS) is 29.5. The highest BCUT2D eigenvalue weighted by Gasteiger charge is 2.45. The summed E-state index contributed by atoms with van der Waals surface area (Å²) in [5.74, 6) is 0.690. The molecule has 1 aliphatic heterocycles. The molecule has 0 aromatic carbocycles. The van der Waals surface area contributed by atoms with E-state index in [1.165, 1.54) is 24.1 Å².